The van der Waals surface area contributed by atoms with Crippen LogP contribution in [0.4, 0.5) is 0 Å². The van der Waals surface area contributed by atoms with Crippen LogP contribution in [0.5, 0.6) is 0 Å². The third kappa shape index (κ3) is 1.79. The molecule has 2 unspecified atom stereocenters. The predicted molar refractivity (Wildman–Crippen MR) is 72.3 cm³/mol. The van der Waals surface area contributed by atoms with Crippen molar-refractivity contribution in [3.05, 3.63) is 59.0 Å². The maximum Gasteiger partial charge on any atom is 0.178 e. The molecule has 1 saturated carbocycles. The summed E-state index contributed by atoms with van der Waals surface area (Å²) in [5, 5.41) is 13.2. The first-order valence-electron chi connectivity index (χ1n) is 6.26. The van der Waals surface area contributed by atoms with Crippen LogP contribution in [0.2, 0.25) is 5.15 Å². The summed E-state index contributed by atoms with van der Waals surface area (Å²) in [6.07, 6.45) is 1.10. The van der Waals surface area contributed by atoms with Crippen molar-refractivity contribution in [2.45, 2.75) is 18.3 Å². The number of rotatable bonds is 2. The quantitative estimate of drug-likeness (QED) is 0.719. The van der Waals surface area contributed by atoms with E-state index in [0.717, 1.165) is 17.9 Å². The third-order valence-electron chi connectivity index (χ3n) is 3.60. The zero-order chi connectivity index (χ0) is 12.8. The predicted octanol–water partition coefficient (Wildman–Crippen LogP) is 3.05. The summed E-state index contributed by atoms with van der Waals surface area (Å²) in [4.78, 5) is 0. The highest BCUT2D eigenvalue weighted by Crippen LogP contribution is 2.53. The molecule has 0 spiro atoms. The highest BCUT2D eigenvalue weighted by atomic mass is 35.5. The van der Waals surface area contributed by atoms with E-state index in [-0.39, 0.29) is 0 Å². The van der Waals surface area contributed by atoms with E-state index < -0.39 is 0 Å². The fourth-order valence-electron chi connectivity index (χ4n) is 2.56. The average Bonchev–Trinajstić information content (AvgIpc) is 3.13. The van der Waals surface area contributed by atoms with Gasteiger partial charge in [-0.2, -0.15) is 9.61 Å². The van der Waals surface area contributed by atoms with Crippen LogP contribution in [0.3, 0.4) is 0 Å². The summed E-state index contributed by atoms with van der Waals surface area (Å²) < 4.78 is 1.76. The van der Waals surface area contributed by atoms with E-state index in [9.17, 15) is 0 Å². The van der Waals surface area contributed by atoms with Gasteiger partial charge in [0, 0.05) is 5.92 Å². The lowest BCUT2D eigenvalue weighted by molar-refractivity contribution is 0.801. The first-order chi connectivity index (χ1) is 9.33. The van der Waals surface area contributed by atoms with Gasteiger partial charge in [0.25, 0.3) is 0 Å². The molecule has 0 aliphatic heterocycles. The third-order valence-corrected chi connectivity index (χ3v) is 3.81. The lowest BCUT2D eigenvalue weighted by Gasteiger charge is -1.99. The zero-order valence-corrected chi connectivity index (χ0v) is 10.8. The summed E-state index contributed by atoms with van der Waals surface area (Å²) in [5.74, 6) is 1.82. The van der Waals surface area contributed by atoms with Gasteiger partial charge in [0.2, 0.25) is 0 Å². The zero-order valence-electron chi connectivity index (χ0n) is 10.1. The lowest BCUT2D eigenvalue weighted by Crippen LogP contribution is -1.98. The van der Waals surface area contributed by atoms with Gasteiger partial charge in [-0.15, -0.1) is 10.2 Å². The van der Waals surface area contributed by atoms with Crippen molar-refractivity contribution in [1.29, 1.82) is 0 Å². The first kappa shape index (κ1) is 10.9. The Bertz CT molecular complexity index is 738. The van der Waals surface area contributed by atoms with E-state index in [1.165, 1.54) is 5.56 Å². The standard InChI is InChI=1S/C14H11ClN4/c15-12-6-7-13-16-17-14(19(13)18-12)11-8-10(11)9-4-2-1-3-5-9/h1-7,10-11H,8H2. The topological polar surface area (TPSA) is 43.1 Å². The molecule has 4 nitrogen and oxygen atoms in total. The molecular weight excluding hydrogens is 260 g/mol. The molecule has 2 atom stereocenters. The molecule has 1 aromatic carbocycles. The number of nitrogens with zero attached hydrogens (tertiary/aromatic N) is 4. The van der Waals surface area contributed by atoms with Crippen molar-refractivity contribution in [3.8, 4) is 0 Å². The summed E-state index contributed by atoms with van der Waals surface area (Å²) in [5.41, 5.74) is 2.10. The van der Waals surface area contributed by atoms with E-state index in [1.807, 2.05) is 12.1 Å². The molecule has 0 amide bonds. The lowest BCUT2D eigenvalue weighted by atomic mass is 10.1. The van der Waals surface area contributed by atoms with E-state index >= 15 is 0 Å². The fraction of sp³-hybridized carbons (Fsp3) is 0.214. The van der Waals surface area contributed by atoms with Gasteiger partial charge in [-0.25, -0.2) is 0 Å². The van der Waals surface area contributed by atoms with Gasteiger partial charge in [0.1, 0.15) is 5.15 Å². The first-order valence-corrected chi connectivity index (χ1v) is 6.63. The van der Waals surface area contributed by atoms with Crippen LogP contribution >= 0.6 is 11.6 Å². The largest absolute Gasteiger partial charge is 0.196 e. The van der Waals surface area contributed by atoms with Gasteiger partial charge < -0.3 is 0 Å². The van der Waals surface area contributed by atoms with Crippen molar-refractivity contribution < 1.29 is 0 Å². The average molecular weight is 271 g/mol. The molecule has 4 rings (SSSR count). The molecule has 1 aliphatic rings. The van der Waals surface area contributed by atoms with Gasteiger partial charge in [-0.05, 0) is 30.0 Å². The number of hydrogen-bond acceptors (Lipinski definition) is 3. The molecular formula is C14H11ClN4. The molecule has 19 heavy (non-hydrogen) atoms. The normalized spacial score (nSPS) is 21.7. The van der Waals surface area contributed by atoms with E-state index in [2.05, 4.69) is 39.6 Å². The van der Waals surface area contributed by atoms with Crippen LogP contribution in [-0.4, -0.2) is 19.8 Å². The van der Waals surface area contributed by atoms with E-state index in [4.69, 9.17) is 11.6 Å². The SMILES string of the molecule is Clc1ccc2nnc(C3CC3c3ccccc3)n2n1. The van der Waals surface area contributed by atoms with Gasteiger partial charge in [-0.1, -0.05) is 41.9 Å². The molecule has 2 aromatic heterocycles. The van der Waals surface area contributed by atoms with Gasteiger partial charge >= 0.3 is 0 Å². The number of benzene rings is 1. The minimum absolute atomic E-state index is 0.392. The Labute approximate surface area is 115 Å². The Morgan fingerprint density at radius 1 is 1.00 bits per heavy atom. The Hall–Kier alpha value is -1.94. The van der Waals surface area contributed by atoms with Crippen LogP contribution < -0.4 is 0 Å². The molecule has 0 N–H and O–H groups in total. The van der Waals surface area contributed by atoms with Crippen LogP contribution in [-0.2, 0) is 0 Å². The summed E-state index contributed by atoms with van der Waals surface area (Å²) in [7, 11) is 0. The Kier molecular flexibility index (Phi) is 2.32. The Balaban J connectivity index is 1.72. The molecule has 1 aliphatic carbocycles. The number of hydrogen-bond donors (Lipinski definition) is 0. The van der Waals surface area contributed by atoms with Crippen molar-refractivity contribution in [2.24, 2.45) is 0 Å². The van der Waals surface area contributed by atoms with Crippen molar-refractivity contribution in [1.82, 2.24) is 19.8 Å². The minimum atomic E-state index is 0.392. The van der Waals surface area contributed by atoms with Crippen LogP contribution in [0, 0.1) is 0 Å². The van der Waals surface area contributed by atoms with Crippen molar-refractivity contribution in [2.75, 3.05) is 0 Å². The monoisotopic (exact) mass is 270 g/mol. The van der Waals surface area contributed by atoms with Crippen LogP contribution in [0.1, 0.15) is 29.6 Å². The molecule has 0 saturated heterocycles. The summed E-state index contributed by atoms with van der Waals surface area (Å²) in [6.45, 7) is 0. The second-order valence-electron chi connectivity index (χ2n) is 4.84. The molecule has 94 valence electrons. The van der Waals surface area contributed by atoms with Crippen LogP contribution in [0.25, 0.3) is 5.65 Å². The molecule has 0 bridgehead atoms. The molecule has 3 aromatic rings. The molecule has 2 heterocycles. The highest BCUT2D eigenvalue weighted by molar-refractivity contribution is 6.29. The maximum atomic E-state index is 5.94. The molecule has 0 radical (unpaired) electrons. The Morgan fingerprint density at radius 3 is 2.68 bits per heavy atom. The van der Waals surface area contributed by atoms with Crippen molar-refractivity contribution >= 4 is 17.2 Å². The second kappa shape index (κ2) is 4.03. The smallest absolute Gasteiger partial charge is 0.178 e. The summed E-state index contributed by atoms with van der Waals surface area (Å²) in [6, 6.07) is 14.1. The van der Waals surface area contributed by atoms with Gasteiger partial charge in [0.15, 0.2) is 11.5 Å². The van der Waals surface area contributed by atoms with E-state index in [1.54, 1.807) is 10.6 Å². The molecule has 1 fully saturated rings. The number of fused-ring (bicyclic) bond motifs is 1. The number of halogens is 1. The van der Waals surface area contributed by atoms with E-state index in [0.29, 0.717) is 17.0 Å². The molecule has 5 heteroatoms. The fourth-order valence-corrected chi connectivity index (χ4v) is 2.70. The second-order valence-corrected chi connectivity index (χ2v) is 5.23. The van der Waals surface area contributed by atoms with Crippen LogP contribution in [0.15, 0.2) is 42.5 Å². The highest BCUT2D eigenvalue weighted by Gasteiger charge is 2.43. The number of aromatic nitrogens is 4. The maximum absolute atomic E-state index is 5.94. The summed E-state index contributed by atoms with van der Waals surface area (Å²) >= 11 is 5.94. The van der Waals surface area contributed by atoms with Crippen molar-refractivity contribution in [3.63, 3.8) is 0 Å². The van der Waals surface area contributed by atoms with Gasteiger partial charge in [0.05, 0.1) is 0 Å². The minimum Gasteiger partial charge on any atom is -0.196 e. The Morgan fingerprint density at radius 2 is 1.84 bits per heavy atom. The van der Waals surface area contributed by atoms with Gasteiger partial charge in [-0.3, -0.25) is 0 Å².